The predicted molar refractivity (Wildman–Crippen MR) is 110 cm³/mol. The Kier molecular flexibility index (Phi) is 8.49. The van der Waals surface area contributed by atoms with E-state index in [0.717, 1.165) is 12.0 Å². The molecule has 6 heteroatoms. The topological polar surface area (TPSA) is 76.7 Å². The lowest BCUT2D eigenvalue weighted by Gasteiger charge is -2.18. The van der Waals surface area contributed by atoms with Gasteiger partial charge in [-0.1, -0.05) is 36.8 Å². The summed E-state index contributed by atoms with van der Waals surface area (Å²) in [6.45, 7) is 4.95. The first-order valence-corrected chi connectivity index (χ1v) is 9.45. The van der Waals surface area contributed by atoms with Crippen LogP contribution in [0.5, 0.6) is 5.75 Å². The van der Waals surface area contributed by atoms with Gasteiger partial charge in [-0.05, 0) is 44.0 Å². The van der Waals surface area contributed by atoms with Gasteiger partial charge < -0.3 is 20.1 Å². The number of carbonyl (C=O) groups is 2. The third-order valence-electron chi connectivity index (χ3n) is 4.20. The highest BCUT2D eigenvalue weighted by atomic mass is 16.5. The number of para-hydroxylation sites is 1. The molecule has 0 aromatic heterocycles. The molecule has 0 unspecified atom stereocenters. The maximum atomic E-state index is 12.7. The Morgan fingerprint density at radius 1 is 1.07 bits per heavy atom. The molecule has 0 aliphatic heterocycles. The zero-order valence-electron chi connectivity index (χ0n) is 16.7. The number of hydrogen-bond acceptors (Lipinski definition) is 4. The van der Waals surface area contributed by atoms with E-state index < -0.39 is 6.10 Å². The monoisotopic (exact) mass is 384 g/mol. The second-order valence-electron chi connectivity index (χ2n) is 6.46. The molecular weight excluding hydrogens is 356 g/mol. The number of nitrogens with one attached hydrogen (secondary N) is 2. The fourth-order valence-corrected chi connectivity index (χ4v) is 2.62. The van der Waals surface area contributed by atoms with Crippen molar-refractivity contribution in [1.82, 2.24) is 5.32 Å². The Morgan fingerprint density at radius 2 is 1.79 bits per heavy atom. The van der Waals surface area contributed by atoms with Gasteiger partial charge in [0, 0.05) is 20.3 Å². The van der Waals surface area contributed by atoms with Gasteiger partial charge >= 0.3 is 0 Å². The summed E-state index contributed by atoms with van der Waals surface area (Å²) in [6.07, 6.45) is 0.574. The molecule has 2 aromatic carbocycles. The maximum absolute atomic E-state index is 12.7. The second-order valence-corrected chi connectivity index (χ2v) is 6.46. The zero-order valence-corrected chi connectivity index (χ0v) is 16.7. The van der Waals surface area contributed by atoms with Gasteiger partial charge in [-0.15, -0.1) is 0 Å². The molecular formula is C22H28N2O4. The zero-order chi connectivity index (χ0) is 20.4. The highest BCUT2D eigenvalue weighted by Gasteiger charge is 2.21. The Morgan fingerprint density at radius 3 is 2.46 bits per heavy atom. The van der Waals surface area contributed by atoms with E-state index in [4.69, 9.17) is 9.47 Å². The Hall–Kier alpha value is -2.86. The first-order valence-electron chi connectivity index (χ1n) is 9.45. The second kappa shape index (κ2) is 11.1. The number of benzene rings is 2. The van der Waals surface area contributed by atoms with E-state index in [-0.39, 0.29) is 11.8 Å². The summed E-state index contributed by atoms with van der Waals surface area (Å²) in [5.41, 5.74) is 2.00. The maximum Gasteiger partial charge on any atom is 0.265 e. The first kappa shape index (κ1) is 21.4. The van der Waals surface area contributed by atoms with Crippen LogP contribution < -0.4 is 15.4 Å². The summed E-state index contributed by atoms with van der Waals surface area (Å²) in [4.78, 5) is 25.1. The summed E-state index contributed by atoms with van der Waals surface area (Å²) in [5.74, 6) is 0.110. The minimum Gasteiger partial charge on any atom is -0.481 e. The summed E-state index contributed by atoms with van der Waals surface area (Å²) in [5, 5.41) is 5.66. The lowest BCUT2D eigenvalue weighted by Crippen LogP contribution is -2.33. The van der Waals surface area contributed by atoms with Crippen LogP contribution in [0.1, 0.15) is 35.7 Å². The molecule has 0 saturated carbocycles. The van der Waals surface area contributed by atoms with Crippen molar-refractivity contribution in [2.45, 2.75) is 32.8 Å². The predicted octanol–water partition coefficient (Wildman–Crippen LogP) is 3.56. The van der Waals surface area contributed by atoms with Crippen LogP contribution in [-0.2, 0) is 9.53 Å². The Bertz CT molecular complexity index is 774. The van der Waals surface area contributed by atoms with Crippen molar-refractivity contribution in [3.8, 4) is 5.75 Å². The molecule has 0 saturated heterocycles. The normalized spacial score (nSPS) is 11.5. The average Bonchev–Trinajstić information content (AvgIpc) is 2.71. The minimum absolute atomic E-state index is 0.237. The van der Waals surface area contributed by atoms with Crippen LogP contribution in [0.15, 0.2) is 48.5 Å². The highest BCUT2D eigenvalue weighted by molar-refractivity contribution is 6.04. The average molecular weight is 384 g/mol. The lowest BCUT2D eigenvalue weighted by molar-refractivity contribution is -0.122. The van der Waals surface area contributed by atoms with E-state index in [9.17, 15) is 9.59 Å². The third-order valence-corrected chi connectivity index (χ3v) is 4.20. The van der Waals surface area contributed by atoms with Gasteiger partial charge in [0.2, 0.25) is 0 Å². The quantitative estimate of drug-likeness (QED) is 0.614. The van der Waals surface area contributed by atoms with E-state index in [1.165, 1.54) is 0 Å². The smallest absolute Gasteiger partial charge is 0.265 e. The Balaban J connectivity index is 2.03. The van der Waals surface area contributed by atoms with Crippen molar-refractivity contribution in [2.24, 2.45) is 0 Å². The first-order chi connectivity index (χ1) is 13.5. The molecule has 0 heterocycles. The summed E-state index contributed by atoms with van der Waals surface area (Å²) in [6, 6.07) is 14.5. The molecule has 2 amide bonds. The SMILES string of the molecule is CC[C@@H](Oc1ccc(C)cc1)C(=O)Nc1ccccc1C(=O)NCCCOC. The van der Waals surface area contributed by atoms with Crippen molar-refractivity contribution < 1.29 is 19.1 Å². The molecule has 150 valence electrons. The lowest BCUT2D eigenvalue weighted by atomic mass is 10.1. The van der Waals surface area contributed by atoms with Crippen LogP contribution in [0.4, 0.5) is 5.69 Å². The van der Waals surface area contributed by atoms with Crippen molar-refractivity contribution in [3.63, 3.8) is 0 Å². The van der Waals surface area contributed by atoms with Crippen LogP contribution in [0.3, 0.4) is 0 Å². The summed E-state index contributed by atoms with van der Waals surface area (Å²) in [7, 11) is 1.62. The number of aryl methyl sites for hydroxylation is 1. The molecule has 0 fully saturated rings. The molecule has 0 spiro atoms. The van der Waals surface area contributed by atoms with E-state index in [1.54, 1.807) is 31.4 Å². The molecule has 2 aromatic rings. The standard InChI is InChI=1S/C22H28N2O4/c1-4-20(28-17-12-10-16(2)11-13-17)22(26)24-19-9-6-5-8-18(19)21(25)23-14-7-15-27-3/h5-6,8-13,20H,4,7,14-15H2,1-3H3,(H,23,25)(H,24,26)/t20-/m1/s1. The number of methoxy groups -OCH3 is 1. The summed E-state index contributed by atoms with van der Waals surface area (Å²) >= 11 is 0. The van der Waals surface area contributed by atoms with Crippen LogP contribution in [0.2, 0.25) is 0 Å². The van der Waals surface area contributed by atoms with Gasteiger partial charge in [0.15, 0.2) is 6.10 Å². The molecule has 0 aliphatic rings. The van der Waals surface area contributed by atoms with Crippen LogP contribution >= 0.6 is 0 Å². The minimum atomic E-state index is -0.652. The van der Waals surface area contributed by atoms with Crippen molar-refractivity contribution in [1.29, 1.82) is 0 Å². The Labute approximate surface area is 166 Å². The molecule has 0 aliphatic carbocycles. The van der Waals surface area contributed by atoms with Gasteiger partial charge in [0.05, 0.1) is 11.3 Å². The molecule has 2 N–H and O–H groups in total. The van der Waals surface area contributed by atoms with E-state index in [1.807, 2.05) is 38.1 Å². The van der Waals surface area contributed by atoms with Gasteiger partial charge in [-0.3, -0.25) is 9.59 Å². The number of amides is 2. The number of carbonyl (C=O) groups excluding carboxylic acids is 2. The molecule has 28 heavy (non-hydrogen) atoms. The van der Waals surface area contributed by atoms with Gasteiger partial charge in [0.1, 0.15) is 5.75 Å². The van der Waals surface area contributed by atoms with Crippen molar-refractivity contribution in [2.75, 3.05) is 25.6 Å². The number of rotatable bonds is 10. The molecule has 6 nitrogen and oxygen atoms in total. The fourth-order valence-electron chi connectivity index (χ4n) is 2.62. The van der Waals surface area contributed by atoms with Gasteiger partial charge in [-0.25, -0.2) is 0 Å². The number of hydrogen-bond donors (Lipinski definition) is 2. The van der Waals surface area contributed by atoms with Crippen LogP contribution in [0, 0.1) is 6.92 Å². The van der Waals surface area contributed by atoms with Crippen LogP contribution in [-0.4, -0.2) is 38.2 Å². The third kappa shape index (κ3) is 6.39. The van der Waals surface area contributed by atoms with E-state index in [0.29, 0.717) is 36.6 Å². The van der Waals surface area contributed by atoms with Gasteiger partial charge in [-0.2, -0.15) is 0 Å². The molecule has 2 rings (SSSR count). The van der Waals surface area contributed by atoms with Gasteiger partial charge in [0.25, 0.3) is 11.8 Å². The van der Waals surface area contributed by atoms with Crippen molar-refractivity contribution >= 4 is 17.5 Å². The molecule has 0 bridgehead atoms. The number of anilines is 1. The highest BCUT2D eigenvalue weighted by Crippen LogP contribution is 2.18. The fraction of sp³-hybridized carbons (Fsp3) is 0.364. The summed E-state index contributed by atoms with van der Waals surface area (Å²) < 4.78 is 10.8. The van der Waals surface area contributed by atoms with Crippen molar-refractivity contribution in [3.05, 3.63) is 59.7 Å². The molecule has 0 radical (unpaired) electrons. The van der Waals surface area contributed by atoms with E-state index in [2.05, 4.69) is 10.6 Å². The van der Waals surface area contributed by atoms with Crippen LogP contribution in [0.25, 0.3) is 0 Å². The largest absolute Gasteiger partial charge is 0.481 e. The number of ether oxygens (including phenoxy) is 2. The van der Waals surface area contributed by atoms with E-state index >= 15 is 0 Å². The molecule has 1 atom stereocenters.